The molecule has 0 aliphatic heterocycles. The van der Waals surface area contributed by atoms with Crippen molar-refractivity contribution in [3.05, 3.63) is 0 Å². The van der Waals surface area contributed by atoms with Crippen molar-refractivity contribution in [2.75, 3.05) is 6.54 Å². The number of carbonyl (C=O) groups excluding carboxylic acids is 1. The fraction of sp³-hybridized carbons (Fsp3) is 0.750. The molecule has 3 N–H and O–H groups in total. The van der Waals surface area contributed by atoms with Crippen molar-refractivity contribution in [1.82, 2.24) is 5.32 Å². The van der Waals surface area contributed by atoms with Gasteiger partial charge in [0.25, 0.3) is 0 Å². The van der Waals surface area contributed by atoms with Crippen LogP contribution in [0.5, 0.6) is 0 Å². The molecule has 70 valence electrons. The summed E-state index contributed by atoms with van der Waals surface area (Å²) in [5, 5.41) is 2.76. The summed E-state index contributed by atoms with van der Waals surface area (Å²) in [5.41, 5.74) is 5.36. The first kappa shape index (κ1) is 11.4. The van der Waals surface area contributed by atoms with Crippen LogP contribution in [0.3, 0.4) is 0 Å². The average Bonchev–Trinajstić information content (AvgIpc) is 2.00. The van der Waals surface area contributed by atoms with Crippen LogP contribution in [-0.2, 0) is 4.79 Å². The molecule has 0 rings (SSSR count). The molecule has 0 fully saturated rings. The van der Waals surface area contributed by atoms with Gasteiger partial charge in [0, 0.05) is 18.9 Å². The van der Waals surface area contributed by atoms with Gasteiger partial charge >= 0.3 is 0 Å². The van der Waals surface area contributed by atoms with Crippen molar-refractivity contribution >= 4 is 23.1 Å². The van der Waals surface area contributed by atoms with Gasteiger partial charge in [-0.1, -0.05) is 26.1 Å². The Kier molecular flexibility index (Phi) is 5.62. The topological polar surface area (TPSA) is 55.1 Å². The number of carbonyl (C=O) groups is 1. The third-order valence-corrected chi connectivity index (χ3v) is 1.95. The summed E-state index contributed by atoms with van der Waals surface area (Å²) in [5.74, 6) is 0.0222. The summed E-state index contributed by atoms with van der Waals surface area (Å²) in [7, 11) is 0. The van der Waals surface area contributed by atoms with Gasteiger partial charge in [-0.15, -0.1) is 0 Å². The first-order valence-electron chi connectivity index (χ1n) is 4.14. The maximum atomic E-state index is 11.1. The van der Waals surface area contributed by atoms with Gasteiger partial charge in [-0.05, 0) is 6.42 Å². The van der Waals surface area contributed by atoms with Crippen LogP contribution in [0.25, 0.3) is 0 Å². The van der Waals surface area contributed by atoms with E-state index in [4.69, 9.17) is 18.0 Å². The van der Waals surface area contributed by atoms with E-state index in [2.05, 4.69) is 5.32 Å². The average molecular weight is 188 g/mol. The summed E-state index contributed by atoms with van der Waals surface area (Å²) in [6.07, 6.45) is 1.35. The summed E-state index contributed by atoms with van der Waals surface area (Å²) < 4.78 is 0. The van der Waals surface area contributed by atoms with E-state index < -0.39 is 0 Å². The highest BCUT2D eigenvalue weighted by molar-refractivity contribution is 7.80. The molecule has 0 spiro atoms. The lowest BCUT2D eigenvalue weighted by Crippen LogP contribution is -2.29. The zero-order valence-corrected chi connectivity index (χ0v) is 8.41. The predicted octanol–water partition coefficient (Wildman–Crippen LogP) is 0.825. The Balaban J connectivity index is 3.61. The van der Waals surface area contributed by atoms with Gasteiger partial charge in [-0.2, -0.15) is 0 Å². The lowest BCUT2D eigenvalue weighted by atomic mass is 10.1. The number of nitrogens with one attached hydrogen (secondary N) is 1. The lowest BCUT2D eigenvalue weighted by Gasteiger charge is -2.08. The number of nitrogens with two attached hydrogens (primary N) is 1. The molecule has 0 aliphatic carbocycles. The first-order valence-corrected chi connectivity index (χ1v) is 4.54. The Morgan fingerprint density at radius 3 is 2.67 bits per heavy atom. The molecule has 1 unspecified atom stereocenters. The van der Waals surface area contributed by atoms with Crippen molar-refractivity contribution in [2.45, 2.75) is 26.7 Å². The molecule has 0 radical (unpaired) electrons. The summed E-state index contributed by atoms with van der Waals surface area (Å²) >= 11 is 4.75. The smallest absolute Gasteiger partial charge is 0.220 e. The van der Waals surface area contributed by atoms with Gasteiger partial charge in [-0.3, -0.25) is 4.79 Å². The minimum atomic E-state index is -0.00291. The molecule has 1 atom stereocenters. The molecule has 0 aromatic heterocycles. The molecule has 0 bridgehead atoms. The second-order valence-electron chi connectivity index (χ2n) is 2.86. The van der Waals surface area contributed by atoms with Crippen LogP contribution >= 0.6 is 12.2 Å². The van der Waals surface area contributed by atoms with Crippen LogP contribution in [-0.4, -0.2) is 17.4 Å². The lowest BCUT2D eigenvalue weighted by molar-refractivity contribution is -0.121. The maximum Gasteiger partial charge on any atom is 0.220 e. The molecule has 0 aliphatic rings. The highest BCUT2D eigenvalue weighted by Crippen LogP contribution is 2.00. The van der Waals surface area contributed by atoms with Gasteiger partial charge in [0.15, 0.2) is 0 Å². The van der Waals surface area contributed by atoms with E-state index in [9.17, 15) is 4.79 Å². The molecule has 0 heterocycles. The van der Waals surface area contributed by atoms with Gasteiger partial charge in [0.05, 0.1) is 4.99 Å². The quantitative estimate of drug-likeness (QED) is 0.628. The highest BCUT2D eigenvalue weighted by atomic mass is 32.1. The third-order valence-electron chi connectivity index (χ3n) is 1.55. The van der Waals surface area contributed by atoms with E-state index in [1.807, 2.05) is 13.8 Å². The fourth-order valence-corrected chi connectivity index (χ4v) is 0.799. The number of hydrogen-bond acceptors (Lipinski definition) is 2. The molecule has 0 aromatic rings. The maximum absolute atomic E-state index is 11.1. The summed E-state index contributed by atoms with van der Waals surface area (Å²) in [4.78, 5) is 11.5. The number of thiocarbonyl (C=S) groups is 1. The van der Waals surface area contributed by atoms with Gasteiger partial charge in [-0.25, -0.2) is 0 Å². The molecule has 4 heteroatoms. The van der Waals surface area contributed by atoms with Crippen LogP contribution < -0.4 is 11.1 Å². The van der Waals surface area contributed by atoms with Crippen molar-refractivity contribution in [3.8, 4) is 0 Å². The zero-order chi connectivity index (χ0) is 9.56. The van der Waals surface area contributed by atoms with Gasteiger partial charge < -0.3 is 11.1 Å². The second kappa shape index (κ2) is 5.94. The Morgan fingerprint density at radius 1 is 1.67 bits per heavy atom. The minimum absolute atomic E-state index is 0.00291. The number of rotatable bonds is 5. The molecule has 1 amide bonds. The Bertz CT molecular complexity index is 170. The molecule has 0 saturated carbocycles. The Hall–Kier alpha value is -0.640. The highest BCUT2D eigenvalue weighted by Gasteiger charge is 2.09. The van der Waals surface area contributed by atoms with Gasteiger partial charge in [0.1, 0.15) is 0 Å². The Morgan fingerprint density at radius 2 is 2.25 bits per heavy atom. The first-order chi connectivity index (χ1) is 5.57. The van der Waals surface area contributed by atoms with E-state index in [0.717, 1.165) is 13.0 Å². The Labute approximate surface area is 78.7 Å². The van der Waals surface area contributed by atoms with E-state index >= 15 is 0 Å². The predicted molar refractivity (Wildman–Crippen MR) is 53.9 cm³/mol. The number of amides is 1. The van der Waals surface area contributed by atoms with Crippen LogP contribution in [0.2, 0.25) is 0 Å². The third kappa shape index (κ3) is 5.07. The van der Waals surface area contributed by atoms with E-state index in [0.29, 0.717) is 11.4 Å². The number of hydrogen-bond donors (Lipinski definition) is 2. The van der Waals surface area contributed by atoms with Crippen LogP contribution in [0, 0.1) is 5.92 Å². The summed E-state index contributed by atoms with van der Waals surface area (Å²) in [6, 6.07) is 0. The van der Waals surface area contributed by atoms with E-state index in [1.54, 1.807) is 0 Å². The monoisotopic (exact) mass is 188 g/mol. The normalized spacial score (nSPS) is 12.2. The second-order valence-corrected chi connectivity index (χ2v) is 3.33. The SMILES string of the molecule is CCCNC(=O)CC(C)C(N)=S. The van der Waals surface area contributed by atoms with E-state index in [1.165, 1.54) is 0 Å². The van der Waals surface area contributed by atoms with Gasteiger partial charge in [0.2, 0.25) is 5.91 Å². The van der Waals surface area contributed by atoms with Crippen molar-refractivity contribution in [3.63, 3.8) is 0 Å². The van der Waals surface area contributed by atoms with Crippen molar-refractivity contribution in [2.24, 2.45) is 11.7 Å². The largest absolute Gasteiger partial charge is 0.393 e. The molecule has 12 heavy (non-hydrogen) atoms. The van der Waals surface area contributed by atoms with Crippen molar-refractivity contribution in [1.29, 1.82) is 0 Å². The van der Waals surface area contributed by atoms with Crippen LogP contribution in [0.15, 0.2) is 0 Å². The molecule has 0 saturated heterocycles. The standard InChI is InChI=1S/C8H16N2OS/c1-3-4-10-7(11)5-6(2)8(9)12/h6H,3-5H2,1-2H3,(H2,9,12)(H,10,11). The van der Waals surface area contributed by atoms with Crippen LogP contribution in [0.4, 0.5) is 0 Å². The minimum Gasteiger partial charge on any atom is -0.393 e. The molecule has 0 aromatic carbocycles. The molecule has 3 nitrogen and oxygen atoms in total. The molecular weight excluding hydrogens is 172 g/mol. The van der Waals surface area contributed by atoms with E-state index in [-0.39, 0.29) is 11.8 Å². The fourth-order valence-electron chi connectivity index (χ4n) is 0.715. The summed E-state index contributed by atoms with van der Waals surface area (Å²) in [6.45, 7) is 4.59. The molecular formula is C8H16N2OS. The van der Waals surface area contributed by atoms with Crippen molar-refractivity contribution < 1.29 is 4.79 Å². The zero-order valence-electron chi connectivity index (χ0n) is 7.59. The van der Waals surface area contributed by atoms with Crippen LogP contribution in [0.1, 0.15) is 26.7 Å².